The van der Waals surface area contributed by atoms with Crippen LogP contribution in [-0.2, 0) is 13.1 Å². The van der Waals surface area contributed by atoms with Crippen molar-refractivity contribution in [3.05, 3.63) is 59.8 Å². The summed E-state index contributed by atoms with van der Waals surface area (Å²) in [6, 6.07) is 4.08. The molecule has 142 valence electrons. The minimum absolute atomic E-state index is 0.666. The topological polar surface area (TPSA) is 72.6 Å². The zero-order valence-electron chi connectivity index (χ0n) is 16.1. The van der Waals surface area contributed by atoms with Gasteiger partial charge in [-0.25, -0.2) is 9.97 Å². The number of aromatic nitrogens is 6. The lowest BCUT2D eigenvalue weighted by Crippen LogP contribution is -2.19. The lowest BCUT2D eigenvalue weighted by molar-refractivity contribution is 0.653. The Morgan fingerprint density at radius 2 is 2.07 bits per heavy atom. The number of nitrogens with zero attached hydrogens (tertiary/aromatic N) is 7. The normalized spacial score (nSPS) is 11.0. The van der Waals surface area contributed by atoms with Gasteiger partial charge in [-0.15, -0.1) is 11.3 Å². The first-order valence-corrected chi connectivity index (χ1v) is 9.95. The minimum Gasteiger partial charge on any atom is -0.339 e. The van der Waals surface area contributed by atoms with Crippen LogP contribution < -0.4 is 4.90 Å². The van der Waals surface area contributed by atoms with Crippen LogP contribution in [0.25, 0.3) is 21.8 Å². The van der Waals surface area contributed by atoms with Gasteiger partial charge in [-0.3, -0.25) is 14.6 Å². The minimum atomic E-state index is 0.666. The SMILES string of the molecule is CCn1cc(CN(C)c2ncc(-c3cnccn3)c(-c3cccs3)n2)c(C)n1. The van der Waals surface area contributed by atoms with E-state index in [1.54, 1.807) is 29.9 Å². The summed E-state index contributed by atoms with van der Waals surface area (Å²) in [5.74, 6) is 0.666. The van der Waals surface area contributed by atoms with Gasteiger partial charge in [0.1, 0.15) is 0 Å². The molecule has 7 nitrogen and oxygen atoms in total. The van der Waals surface area contributed by atoms with Gasteiger partial charge in [0.2, 0.25) is 5.95 Å². The monoisotopic (exact) mass is 391 g/mol. The lowest BCUT2D eigenvalue weighted by Gasteiger charge is -2.18. The van der Waals surface area contributed by atoms with Crippen molar-refractivity contribution in [1.29, 1.82) is 0 Å². The van der Waals surface area contributed by atoms with Crippen LogP contribution in [0.5, 0.6) is 0 Å². The number of rotatable bonds is 6. The fourth-order valence-electron chi connectivity index (χ4n) is 2.99. The maximum absolute atomic E-state index is 4.87. The van der Waals surface area contributed by atoms with Crippen LogP contribution in [-0.4, -0.2) is 36.8 Å². The second-order valence-electron chi connectivity index (χ2n) is 6.45. The van der Waals surface area contributed by atoms with E-state index in [0.29, 0.717) is 12.5 Å². The third kappa shape index (κ3) is 3.63. The lowest BCUT2D eigenvalue weighted by atomic mass is 10.1. The largest absolute Gasteiger partial charge is 0.339 e. The highest BCUT2D eigenvalue weighted by atomic mass is 32.1. The molecular formula is C20H21N7S. The summed E-state index contributed by atoms with van der Waals surface area (Å²) >= 11 is 1.65. The van der Waals surface area contributed by atoms with Crippen molar-refractivity contribution in [2.45, 2.75) is 26.9 Å². The van der Waals surface area contributed by atoms with Gasteiger partial charge in [0.15, 0.2) is 0 Å². The molecule has 8 heteroatoms. The van der Waals surface area contributed by atoms with Crippen molar-refractivity contribution in [1.82, 2.24) is 29.7 Å². The highest BCUT2D eigenvalue weighted by Crippen LogP contribution is 2.32. The molecule has 0 aliphatic carbocycles. The van der Waals surface area contributed by atoms with Gasteiger partial charge in [0, 0.05) is 56.1 Å². The number of anilines is 1. The summed E-state index contributed by atoms with van der Waals surface area (Å²) in [6.45, 7) is 5.67. The van der Waals surface area contributed by atoms with Gasteiger partial charge < -0.3 is 4.90 Å². The Balaban J connectivity index is 1.70. The van der Waals surface area contributed by atoms with Crippen LogP contribution in [0.1, 0.15) is 18.2 Å². The van der Waals surface area contributed by atoms with E-state index < -0.39 is 0 Å². The maximum atomic E-state index is 4.87. The number of aryl methyl sites for hydroxylation is 2. The molecule has 0 atom stereocenters. The molecule has 0 saturated carbocycles. The number of hydrogen-bond donors (Lipinski definition) is 0. The zero-order chi connectivity index (χ0) is 19.5. The second-order valence-corrected chi connectivity index (χ2v) is 7.40. The predicted octanol–water partition coefficient (Wildman–Crippen LogP) is 3.82. The molecule has 0 fully saturated rings. The van der Waals surface area contributed by atoms with Crippen LogP contribution in [0.2, 0.25) is 0 Å². The van der Waals surface area contributed by atoms with E-state index in [9.17, 15) is 0 Å². The van der Waals surface area contributed by atoms with Crippen LogP contribution >= 0.6 is 11.3 Å². The Bertz CT molecular complexity index is 1060. The first-order valence-electron chi connectivity index (χ1n) is 9.07. The van der Waals surface area contributed by atoms with Crippen molar-refractivity contribution >= 4 is 17.3 Å². The Morgan fingerprint density at radius 3 is 2.75 bits per heavy atom. The average molecular weight is 392 g/mol. The van der Waals surface area contributed by atoms with E-state index in [0.717, 1.165) is 34.1 Å². The molecule has 0 aliphatic rings. The predicted molar refractivity (Wildman–Crippen MR) is 111 cm³/mol. The molecule has 4 aromatic heterocycles. The van der Waals surface area contributed by atoms with Crippen molar-refractivity contribution in [2.75, 3.05) is 11.9 Å². The molecule has 0 saturated heterocycles. The van der Waals surface area contributed by atoms with Crippen LogP contribution in [0, 0.1) is 6.92 Å². The van der Waals surface area contributed by atoms with Gasteiger partial charge in [-0.05, 0) is 25.3 Å². The third-order valence-electron chi connectivity index (χ3n) is 4.49. The highest BCUT2D eigenvalue weighted by Gasteiger charge is 2.16. The molecule has 4 aromatic rings. The molecule has 0 spiro atoms. The number of thiophene rings is 1. The van der Waals surface area contributed by atoms with Crippen LogP contribution in [0.4, 0.5) is 5.95 Å². The van der Waals surface area contributed by atoms with E-state index in [1.807, 2.05) is 41.2 Å². The average Bonchev–Trinajstić information content (AvgIpc) is 3.38. The Morgan fingerprint density at radius 1 is 1.18 bits per heavy atom. The van der Waals surface area contributed by atoms with Gasteiger partial charge in [-0.2, -0.15) is 5.10 Å². The van der Waals surface area contributed by atoms with Crippen LogP contribution in [0.3, 0.4) is 0 Å². The summed E-state index contributed by atoms with van der Waals surface area (Å²) in [5, 5.41) is 6.57. The number of hydrogen-bond acceptors (Lipinski definition) is 7. The molecular weight excluding hydrogens is 370 g/mol. The highest BCUT2D eigenvalue weighted by molar-refractivity contribution is 7.13. The molecule has 28 heavy (non-hydrogen) atoms. The molecule has 0 aliphatic heterocycles. The Labute approximate surface area is 167 Å². The summed E-state index contributed by atoms with van der Waals surface area (Å²) in [5.41, 5.74) is 4.71. The standard InChI is InChI=1S/C20H21N7S/c1-4-27-13-15(14(2)25-27)12-26(3)20-23-10-16(17-11-21-7-8-22-17)19(24-20)18-6-5-9-28-18/h5-11,13H,4,12H2,1-3H3. The molecule has 0 aromatic carbocycles. The second kappa shape index (κ2) is 7.85. The van der Waals surface area contributed by atoms with Gasteiger partial charge >= 0.3 is 0 Å². The van der Waals surface area contributed by atoms with E-state index in [2.05, 4.69) is 39.2 Å². The van der Waals surface area contributed by atoms with Gasteiger partial charge in [0.25, 0.3) is 0 Å². The molecule has 0 bridgehead atoms. The first kappa shape index (κ1) is 18.2. The first-order chi connectivity index (χ1) is 13.7. The molecule has 0 radical (unpaired) electrons. The molecule has 4 rings (SSSR count). The zero-order valence-corrected chi connectivity index (χ0v) is 16.9. The van der Waals surface area contributed by atoms with Gasteiger partial charge in [0.05, 0.1) is 28.2 Å². The fraction of sp³-hybridized carbons (Fsp3) is 0.250. The molecule has 0 N–H and O–H groups in total. The summed E-state index contributed by atoms with van der Waals surface area (Å²) in [4.78, 5) is 21.2. The van der Waals surface area contributed by atoms with E-state index in [1.165, 1.54) is 5.56 Å². The van der Waals surface area contributed by atoms with Crippen LogP contribution in [0.15, 0.2) is 48.5 Å². The summed E-state index contributed by atoms with van der Waals surface area (Å²) < 4.78 is 1.95. The Kier molecular flexibility index (Phi) is 5.12. The fourth-order valence-corrected chi connectivity index (χ4v) is 3.71. The van der Waals surface area contributed by atoms with Crippen molar-refractivity contribution in [3.63, 3.8) is 0 Å². The molecule has 4 heterocycles. The van der Waals surface area contributed by atoms with Gasteiger partial charge in [-0.1, -0.05) is 6.07 Å². The van der Waals surface area contributed by atoms with E-state index in [4.69, 9.17) is 4.98 Å². The summed E-state index contributed by atoms with van der Waals surface area (Å²) in [6.07, 6.45) is 9.00. The quantitative estimate of drug-likeness (QED) is 0.497. The van der Waals surface area contributed by atoms with Crippen molar-refractivity contribution in [2.24, 2.45) is 0 Å². The van der Waals surface area contributed by atoms with E-state index in [-0.39, 0.29) is 0 Å². The molecule has 0 amide bonds. The Hall–Kier alpha value is -3.13. The van der Waals surface area contributed by atoms with E-state index >= 15 is 0 Å². The van der Waals surface area contributed by atoms with Crippen molar-refractivity contribution in [3.8, 4) is 21.8 Å². The van der Waals surface area contributed by atoms with Crippen molar-refractivity contribution < 1.29 is 0 Å². The molecule has 0 unspecified atom stereocenters. The third-order valence-corrected chi connectivity index (χ3v) is 5.37. The summed E-state index contributed by atoms with van der Waals surface area (Å²) in [7, 11) is 2.00. The maximum Gasteiger partial charge on any atom is 0.225 e. The smallest absolute Gasteiger partial charge is 0.225 e.